The molecule has 17 heavy (non-hydrogen) atoms. The van der Waals surface area contributed by atoms with E-state index in [1.807, 2.05) is 6.08 Å². The molecule has 1 aliphatic heterocycles. The molecule has 0 aromatic heterocycles. The highest BCUT2D eigenvalue weighted by Crippen LogP contribution is 2.26. The van der Waals surface area contributed by atoms with Crippen molar-refractivity contribution in [1.82, 2.24) is 5.32 Å². The highest BCUT2D eigenvalue weighted by Gasteiger charge is 2.16. The number of hydrogen-bond donors (Lipinski definition) is 1. The SMILES string of the molecule is O=C(NC1=CCCCS1)c1c(Cl)cccc1Cl. The molecular weight excluding hydrogens is 277 g/mol. The van der Waals surface area contributed by atoms with E-state index in [4.69, 9.17) is 23.2 Å². The van der Waals surface area contributed by atoms with E-state index in [0.29, 0.717) is 15.6 Å². The number of carbonyl (C=O) groups is 1. The molecule has 90 valence electrons. The van der Waals surface area contributed by atoms with Crippen LogP contribution in [0.15, 0.2) is 29.3 Å². The van der Waals surface area contributed by atoms with E-state index in [1.165, 1.54) is 0 Å². The van der Waals surface area contributed by atoms with Crippen molar-refractivity contribution in [2.45, 2.75) is 12.8 Å². The zero-order chi connectivity index (χ0) is 12.3. The Morgan fingerprint density at radius 1 is 1.29 bits per heavy atom. The largest absolute Gasteiger partial charge is 0.317 e. The Bertz CT molecular complexity index is 453. The number of carbonyl (C=O) groups excluding carboxylic acids is 1. The first kappa shape index (κ1) is 12.8. The lowest BCUT2D eigenvalue weighted by Crippen LogP contribution is -2.23. The Hall–Kier alpha value is -0.640. The molecule has 1 N–H and O–H groups in total. The van der Waals surface area contributed by atoms with Gasteiger partial charge in [-0.15, -0.1) is 11.8 Å². The fraction of sp³-hybridized carbons (Fsp3) is 0.250. The molecule has 1 aromatic rings. The van der Waals surface area contributed by atoms with E-state index in [9.17, 15) is 4.79 Å². The first-order valence-electron chi connectivity index (χ1n) is 5.27. The summed E-state index contributed by atoms with van der Waals surface area (Å²) < 4.78 is 0. The molecule has 0 radical (unpaired) electrons. The van der Waals surface area contributed by atoms with Crippen LogP contribution < -0.4 is 5.32 Å². The molecule has 0 spiro atoms. The Morgan fingerprint density at radius 3 is 2.59 bits per heavy atom. The van der Waals surface area contributed by atoms with E-state index < -0.39 is 0 Å². The van der Waals surface area contributed by atoms with Gasteiger partial charge in [-0.3, -0.25) is 4.79 Å². The average Bonchev–Trinajstić information content (AvgIpc) is 2.30. The number of benzene rings is 1. The van der Waals surface area contributed by atoms with Gasteiger partial charge < -0.3 is 5.32 Å². The summed E-state index contributed by atoms with van der Waals surface area (Å²) in [5.74, 6) is 0.781. The maximum Gasteiger partial charge on any atom is 0.259 e. The summed E-state index contributed by atoms with van der Waals surface area (Å²) in [6.45, 7) is 0. The molecule has 2 rings (SSSR count). The smallest absolute Gasteiger partial charge is 0.259 e. The van der Waals surface area contributed by atoms with Gasteiger partial charge >= 0.3 is 0 Å². The van der Waals surface area contributed by atoms with Crippen molar-refractivity contribution in [3.8, 4) is 0 Å². The van der Waals surface area contributed by atoms with E-state index in [2.05, 4.69) is 5.32 Å². The van der Waals surface area contributed by atoms with Crippen molar-refractivity contribution in [3.63, 3.8) is 0 Å². The molecular formula is C12H11Cl2NOS. The summed E-state index contributed by atoms with van der Waals surface area (Å²) in [6.07, 6.45) is 4.17. The van der Waals surface area contributed by atoms with Crippen LogP contribution in [-0.4, -0.2) is 11.7 Å². The van der Waals surface area contributed by atoms with E-state index in [0.717, 1.165) is 23.6 Å². The first-order valence-corrected chi connectivity index (χ1v) is 7.01. The molecule has 1 aliphatic rings. The number of amides is 1. The maximum atomic E-state index is 12.0. The maximum absolute atomic E-state index is 12.0. The quantitative estimate of drug-likeness (QED) is 0.888. The van der Waals surface area contributed by atoms with Crippen LogP contribution in [0.1, 0.15) is 23.2 Å². The van der Waals surface area contributed by atoms with Crippen molar-refractivity contribution in [1.29, 1.82) is 0 Å². The van der Waals surface area contributed by atoms with Gasteiger partial charge in [-0.05, 0) is 30.7 Å². The molecule has 1 amide bonds. The standard InChI is InChI=1S/C12H11Cl2NOS/c13-8-4-3-5-9(14)11(8)12(16)15-10-6-1-2-7-17-10/h3-6H,1-2,7H2,(H,15,16). The van der Waals surface area contributed by atoms with Gasteiger partial charge in [-0.1, -0.05) is 35.3 Å². The zero-order valence-electron chi connectivity index (χ0n) is 9.00. The summed E-state index contributed by atoms with van der Waals surface area (Å²) in [4.78, 5) is 12.0. The van der Waals surface area contributed by atoms with Gasteiger partial charge in [-0.25, -0.2) is 0 Å². The minimum absolute atomic E-state index is 0.249. The first-order chi connectivity index (χ1) is 8.18. The summed E-state index contributed by atoms with van der Waals surface area (Å²) in [6, 6.07) is 5.03. The normalized spacial score (nSPS) is 15.3. The Kier molecular flexibility index (Phi) is 4.37. The summed E-state index contributed by atoms with van der Waals surface area (Å²) in [7, 11) is 0. The fourth-order valence-electron chi connectivity index (χ4n) is 1.53. The fourth-order valence-corrected chi connectivity index (χ4v) is 3.03. The average molecular weight is 288 g/mol. The Labute approximate surface area is 114 Å². The van der Waals surface area contributed by atoms with Gasteiger partial charge in [0.25, 0.3) is 5.91 Å². The second-order valence-electron chi connectivity index (χ2n) is 3.61. The van der Waals surface area contributed by atoms with Gasteiger partial charge in [0.2, 0.25) is 0 Å². The second-order valence-corrected chi connectivity index (χ2v) is 5.56. The molecule has 0 atom stereocenters. The lowest BCUT2D eigenvalue weighted by molar-refractivity contribution is 0.0969. The number of halogens is 2. The number of rotatable bonds is 2. The lowest BCUT2D eigenvalue weighted by Gasteiger charge is -2.14. The highest BCUT2D eigenvalue weighted by atomic mass is 35.5. The van der Waals surface area contributed by atoms with Crippen molar-refractivity contribution in [2.75, 3.05) is 5.75 Å². The van der Waals surface area contributed by atoms with Crippen molar-refractivity contribution < 1.29 is 4.79 Å². The third-order valence-corrected chi connectivity index (χ3v) is 4.06. The zero-order valence-corrected chi connectivity index (χ0v) is 11.3. The molecule has 0 bridgehead atoms. The number of nitrogens with one attached hydrogen (secondary N) is 1. The molecule has 0 unspecified atom stereocenters. The van der Waals surface area contributed by atoms with Crippen molar-refractivity contribution in [2.24, 2.45) is 0 Å². The number of allylic oxidation sites excluding steroid dienone is 1. The predicted molar refractivity (Wildman–Crippen MR) is 73.7 cm³/mol. The number of hydrogen-bond acceptors (Lipinski definition) is 2. The van der Waals surface area contributed by atoms with Gasteiger partial charge in [0, 0.05) is 0 Å². The predicted octanol–water partition coefficient (Wildman–Crippen LogP) is 4.09. The van der Waals surface area contributed by atoms with Crippen LogP contribution in [-0.2, 0) is 0 Å². The van der Waals surface area contributed by atoms with Crippen LogP contribution in [0.2, 0.25) is 10.0 Å². The van der Waals surface area contributed by atoms with Gasteiger partial charge in [0.1, 0.15) is 0 Å². The van der Waals surface area contributed by atoms with Crippen LogP contribution in [0.5, 0.6) is 0 Å². The van der Waals surface area contributed by atoms with Crippen LogP contribution in [0.4, 0.5) is 0 Å². The lowest BCUT2D eigenvalue weighted by atomic mass is 10.2. The minimum Gasteiger partial charge on any atom is -0.317 e. The van der Waals surface area contributed by atoms with E-state index in [-0.39, 0.29) is 5.91 Å². The Balaban J connectivity index is 2.17. The molecule has 0 aliphatic carbocycles. The summed E-state index contributed by atoms with van der Waals surface area (Å²) in [5.41, 5.74) is 0.336. The minimum atomic E-state index is -0.249. The van der Waals surface area contributed by atoms with Crippen LogP contribution in [0, 0.1) is 0 Å². The number of thioether (sulfide) groups is 1. The van der Waals surface area contributed by atoms with Gasteiger partial charge in [0.05, 0.1) is 20.6 Å². The monoisotopic (exact) mass is 287 g/mol. The van der Waals surface area contributed by atoms with E-state index in [1.54, 1.807) is 30.0 Å². The molecule has 0 saturated carbocycles. The molecule has 0 fully saturated rings. The Morgan fingerprint density at radius 2 is 2.00 bits per heavy atom. The van der Waals surface area contributed by atoms with Crippen LogP contribution >= 0.6 is 35.0 Å². The topological polar surface area (TPSA) is 29.1 Å². The summed E-state index contributed by atoms with van der Waals surface area (Å²) >= 11 is 13.6. The van der Waals surface area contributed by atoms with Gasteiger partial charge in [-0.2, -0.15) is 0 Å². The van der Waals surface area contributed by atoms with Gasteiger partial charge in [0.15, 0.2) is 0 Å². The third-order valence-electron chi connectivity index (χ3n) is 2.36. The summed E-state index contributed by atoms with van der Waals surface area (Å²) in [5, 5.41) is 4.46. The molecule has 0 saturated heterocycles. The molecule has 5 heteroatoms. The third kappa shape index (κ3) is 3.18. The highest BCUT2D eigenvalue weighted by molar-refractivity contribution is 8.03. The second kappa shape index (κ2) is 5.80. The molecule has 2 nitrogen and oxygen atoms in total. The molecule has 1 aromatic carbocycles. The van der Waals surface area contributed by atoms with E-state index >= 15 is 0 Å². The van der Waals surface area contributed by atoms with Crippen molar-refractivity contribution in [3.05, 3.63) is 44.9 Å². The van der Waals surface area contributed by atoms with Crippen molar-refractivity contribution >= 4 is 40.9 Å². The molecule has 1 heterocycles. The van der Waals surface area contributed by atoms with Crippen LogP contribution in [0.25, 0.3) is 0 Å². The van der Waals surface area contributed by atoms with Crippen LogP contribution in [0.3, 0.4) is 0 Å².